The van der Waals surface area contributed by atoms with Crippen LogP contribution in [0.15, 0.2) is 42.7 Å². The smallest absolute Gasteiger partial charge is 0.335 e. The van der Waals surface area contributed by atoms with Crippen molar-refractivity contribution in [1.82, 2.24) is 4.98 Å². The molecule has 0 saturated carbocycles. The molecule has 1 amide bonds. The van der Waals surface area contributed by atoms with E-state index in [-0.39, 0.29) is 5.56 Å². The van der Waals surface area contributed by atoms with Crippen LogP contribution in [-0.4, -0.2) is 29.1 Å². The molecular formula is C14H12N2O4. The first-order valence-corrected chi connectivity index (χ1v) is 5.74. The highest BCUT2D eigenvalue weighted by Crippen LogP contribution is 2.18. The van der Waals surface area contributed by atoms with Gasteiger partial charge in [0, 0.05) is 11.9 Å². The number of carbonyl (C=O) groups excluding carboxylic acids is 1. The number of ether oxygens (including phenoxy) is 1. The lowest BCUT2D eigenvalue weighted by Gasteiger charge is -2.09. The summed E-state index contributed by atoms with van der Waals surface area (Å²) in [7, 11) is 1.44. The van der Waals surface area contributed by atoms with E-state index in [9.17, 15) is 9.59 Å². The molecule has 0 aliphatic rings. The normalized spacial score (nSPS) is 9.85. The van der Waals surface area contributed by atoms with Gasteiger partial charge < -0.3 is 15.2 Å². The molecule has 0 spiro atoms. The van der Waals surface area contributed by atoms with E-state index in [0.717, 1.165) is 0 Å². The molecular weight excluding hydrogens is 260 g/mol. The van der Waals surface area contributed by atoms with Crippen molar-refractivity contribution in [3.05, 3.63) is 53.9 Å². The van der Waals surface area contributed by atoms with Gasteiger partial charge in [0.1, 0.15) is 5.75 Å². The van der Waals surface area contributed by atoms with Crippen molar-refractivity contribution in [1.29, 1.82) is 0 Å². The highest BCUT2D eigenvalue weighted by atomic mass is 16.5. The number of hydrogen-bond acceptors (Lipinski definition) is 4. The third-order valence-corrected chi connectivity index (χ3v) is 2.62. The minimum Gasteiger partial charge on any atom is -0.494 e. The van der Waals surface area contributed by atoms with Gasteiger partial charge in [0.05, 0.1) is 24.4 Å². The fourth-order valence-electron chi connectivity index (χ4n) is 1.66. The van der Waals surface area contributed by atoms with Crippen LogP contribution in [0.5, 0.6) is 5.75 Å². The monoisotopic (exact) mass is 272 g/mol. The molecule has 1 heterocycles. The number of pyridine rings is 1. The van der Waals surface area contributed by atoms with Crippen molar-refractivity contribution < 1.29 is 19.4 Å². The zero-order valence-electron chi connectivity index (χ0n) is 10.7. The van der Waals surface area contributed by atoms with Crippen LogP contribution in [0.25, 0.3) is 0 Å². The molecule has 6 heteroatoms. The maximum Gasteiger partial charge on any atom is 0.335 e. The topological polar surface area (TPSA) is 88.5 Å². The van der Waals surface area contributed by atoms with Crippen LogP contribution in [0.3, 0.4) is 0 Å². The van der Waals surface area contributed by atoms with E-state index in [4.69, 9.17) is 9.84 Å². The molecule has 1 aromatic heterocycles. The first-order chi connectivity index (χ1) is 9.61. The van der Waals surface area contributed by atoms with Gasteiger partial charge in [-0.1, -0.05) is 6.07 Å². The second-order valence-corrected chi connectivity index (χ2v) is 3.92. The van der Waals surface area contributed by atoms with E-state index >= 15 is 0 Å². The molecule has 2 rings (SSSR count). The summed E-state index contributed by atoms with van der Waals surface area (Å²) >= 11 is 0. The van der Waals surface area contributed by atoms with Gasteiger partial charge in [0.15, 0.2) is 0 Å². The lowest BCUT2D eigenvalue weighted by molar-refractivity contribution is 0.0696. The predicted octanol–water partition coefficient (Wildman–Crippen LogP) is 2.04. The summed E-state index contributed by atoms with van der Waals surface area (Å²) in [5, 5.41) is 11.5. The van der Waals surface area contributed by atoms with Gasteiger partial charge in [0.25, 0.3) is 5.91 Å². The number of nitrogens with zero attached hydrogens (tertiary/aromatic N) is 1. The van der Waals surface area contributed by atoms with Crippen molar-refractivity contribution in [3.63, 3.8) is 0 Å². The largest absolute Gasteiger partial charge is 0.494 e. The summed E-state index contributed by atoms with van der Waals surface area (Å²) in [6, 6.07) is 7.52. The third-order valence-electron chi connectivity index (χ3n) is 2.62. The number of amides is 1. The summed E-state index contributed by atoms with van der Waals surface area (Å²) < 4.78 is 5.05. The minimum absolute atomic E-state index is 0.101. The van der Waals surface area contributed by atoms with Crippen molar-refractivity contribution in [2.75, 3.05) is 12.4 Å². The molecule has 2 N–H and O–H groups in total. The molecule has 0 atom stereocenters. The van der Waals surface area contributed by atoms with Gasteiger partial charge in [-0.15, -0.1) is 0 Å². The van der Waals surface area contributed by atoms with Crippen LogP contribution in [0.2, 0.25) is 0 Å². The van der Waals surface area contributed by atoms with Crippen molar-refractivity contribution in [2.24, 2.45) is 0 Å². The number of aromatic carboxylic acids is 1. The first-order valence-electron chi connectivity index (χ1n) is 5.74. The van der Waals surface area contributed by atoms with Gasteiger partial charge in [-0.25, -0.2) is 4.79 Å². The fraction of sp³-hybridized carbons (Fsp3) is 0.0714. The number of carboxylic acids is 1. The minimum atomic E-state index is -1.05. The molecule has 0 fully saturated rings. The van der Waals surface area contributed by atoms with Crippen molar-refractivity contribution in [3.8, 4) is 5.75 Å². The Morgan fingerprint density at radius 3 is 2.80 bits per heavy atom. The Labute approximate surface area is 115 Å². The second-order valence-electron chi connectivity index (χ2n) is 3.92. The molecule has 0 radical (unpaired) electrons. The lowest BCUT2D eigenvalue weighted by Crippen LogP contribution is -2.13. The van der Waals surface area contributed by atoms with Crippen LogP contribution in [0.1, 0.15) is 20.7 Å². The van der Waals surface area contributed by atoms with Gasteiger partial charge in [0.2, 0.25) is 0 Å². The van der Waals surface area contributed by atoms with Gasteiger partial charge in [-0.05, 0) is 24.3 Å². The maximum atomic E-state index is 12.1. The zero-order valence-corrected chi connectivity index (χ0v) is 10.7. The molecule has 0 aliphatic heterocycles. The van der Waals surface area contributed by atoms with Crippen LogP contribution >= 0.6 is 0 Å². The Morgan fingerprint density at radius 1 is 1.30 bits per heavy atom. The van der Waals surface area contributed by atoms with Gasteiger partial charge >= 0.3 is 5.97 Å². The number of aromatic nitrogens is 1. The molecule has 1 aromatic carbocycles. The summed E-state index contributed by atoms with van der Waals surface area (Å²) in [5.41, 5.74) is 0.821. The number of rotatable bonds is 4. The second kappa shape index (κ2) is 5.83. The van der Waals surface area contributed by atoms with Gasteiger partial charge in [-0.2, -0.15) is 0 Å². The number of carbonyl (C=O) groups is 2. The van der Waals surface area contributed by atoms with Crippen molar-refractivity contribution in [2.45, 2.75) is 0 Å². The van der Waals surface area contributed by atoms with Crippen LogP contribution in [0, 0.1) is 0 Å². The highest BCUT2D eigenvalue weighted by Gasteiger charge is 2.12. The zero-order chi connectivity index (χ0) is 14.5. The molecule has 0 aliphatic carbocycles. The highest BCUT2D eigenvalue weighted by molar-refractivity contribution is 6.06. The standard InChI is InChI=1S/C14H12N2O4/c1-20-12-8-15-6-5-11(12)13(17)16-10-4-2-3-9(7-10)14(18)19/h2-8H,1H3,(H,16,17)(H,18,19). The number of benzene rings is 1. The average Bonchev–Trinajstić information content (AvgIpc) is 2.47. The number of anilines is 1. The Morgan fingerprint density at radius 2 is 2.10 bits per heavy atom. The molecule has 0 bridgehead atoms. The number of carboxylic acid groups (broad SMARTS) is 1. The summed E-state index contributed by atoms with van der Waals surface area (Å²) in [5.74, 6) is -1.10. The van der Waals surface area contributed by atoms with Crippen LogP contribution in [0.4, 0.5) is 5.69 Å². The molecule has 0 unspecified atom stereocenters. The molecule has 20 heavy (non-hydrogen) atoms. The number of nitrogens with one attached hydrogen (secondary N) is 1. The number of hydrogen-bond donors (Lipinski definition) is 2. The SMILES string of the molecule is COc1cnccc1C(=O)Nc1cccc(C(=O)O)c1. The van der Waals surface area contributed by atoms with Crippen LogP contribution in [-0.2, 0) is 0 Å². The fourth-order valence-corrected chi connectivity index (χ4v) is 1.66. The van der Waals surface area contributed by atoms with E-state index in [1.807, 2.05) is 0 Å². The van der Waals surface area contributed by atoms with E-state index in [1.165, 1.54) is 37.7 Å². The maximum absolute atomic E-state index is 12.1. The molecule has 102 valence electrons. The van der Waals surface area contributed by atoms with Crippen molar-refractivity contribution >= 4 is 17.6 Å². The Hall–Kier alpha value is -2.89. The summed E-state index contributed by atoms with van der Waals surface area (Å²) in [6.07, 6.45) is 2.91. The quantitative estimate of drug-likeness (QED) is 0.889. The van der Waals surface area contributed by atoms with Gasteiger partial charge in [-0.3, -0.25) is 9.78 Å². The Balaban J connectivity index is 2.23. The third kappa shape index (κ3) is 2.92. The van der Waals surface area contributed by atoms with E-state index in [2.05, 4.69) is 10.3 Å². The molecule has 0 saturated heterocycles. The summed E-state index contributed by atoms with van der Waals surface area (Å²) in [6.45, 7) is 0. The van der Waals surface area contributed by atoms with E-state index in [0.29, 0.717) is 17.0 Å². The average molecular weight is 272 g/mol. The first kappa shape index (κ1) is 13.5. The van der Waals surface area contributed by atoms with E-state index in [1.54, 1.807) is 12.1 Å². The Bertz CT molecular complexity index is 655. The molecule has 6 nitrogen and oxygen atoms in total. The van der Waals surface area contributed by atoms with E-state index < -0.39 is 11.9 Å². The lowest BCUT2D eigenvalue weighted by atomic mass is 10.2. The van der Waals surface area contributed by atoms with Crippen LogP contribution < -0.4 is 10.1 Å². The number of methoxy groups -OCH3 is 1. The summed E-state index contributed by atoms with van der Waals surface area (Å²) in [4.78, 5) is 26.8. The molecule has 2 aromatic rings. The Kier molecular flexibility index (Phi) is 3.95. The predicted molar refractivity (Wildman–Crippen MR) is 72.1 cm³/mol.